The Labute approximate surface area is 108 Å². The van der Waals surface area contributed by atoms with E-state index in [4.69, 9.17) is 0 Å². The Morgan fingerprint density at radius 2 is 1.83 bits per heavy atom. The molecule has 3 heteroatoms. The summed E-state index contributed by atoms with van der Waals surface area (Å²) in [5.74, 6) is 0.126. The Bertz CT molecular complexity index is 816. The molecule has 0 unspecified atom stereocenters. The maximum Gasteiger partial charge on any atom is 0.194 e. The van der Waals surface area contributed by atoms with Crippen molar-refractivity contribution in [2.75, 3.05) is 0 Å². The lowest BCUT2D eigenvalue weighted by Gasteiger charge is -2.16. The normalized spacial score (nSPS) is 12.8. The molecule has 0 spiro atoms. The molecule has 1 aliphatic carbocycles. The van der Waals surface area contributed by atoms with Crippen molar-refractivity contribution in [2.45, 2.75) is 6.92 Å². The van der Waals surface area contributed by atoms with Crippen LogP contribution >= 0.6 is 11.5 Å². The topological polar surface area (TPSA) is 30.0 Å². The van der Waals surface area contributed by atoms with E-state index >= 15 is 0 Å². The second-order valence-corrected chi connectivity index (χ2v) is 5.34. The number of carbonyl (C=O) groups is 1. The molecule has 0 N–H and O–H groups in total. The molecule has 0 atom stereocenters. The Kier molecular flexibility index (Phi) is 1.81. The monoisotopic (exact) mass is 251 g/mol. The van der Waals surface area contributed by atoms with E-state index < -0.39 is 0 Å². The maximum absolute atomic E-state index is 12.6. The van der Waals surface area contributed by atoms with Crippen molar-refractivity contribution in [1.82, 2.24) is 4.37 Å². The third-order valence-electron chi connectivity index (χ3n) is 3.50. The highest BCUT2D eigenvalue weighted by atomic mass is 32.1. The number of rotatable bonds is 0. The summed E-state index contributed by atoms with van der Waals surface area (Å²) in [6, 6.07) is 11.8. The second kappa shape index (κ2) is 3.27. The zero-order valence-electron chi connectivity index (χ0n) is 9.73. The first-order chi connectivity index (χ1) is 8.77. The second-order valence-electron chi connectivity index (χ2n) is 4.54. The van der Waals surface area contributed by atoms with Gasteiger partial charge >= 0.3 is 0 Å². The average molecular weight is 251 g/mol. The van der Waals surface area contributed by atoms with Gasteiger partial charge in [0.1, 0.15) is 0 Å². The summed E-state index contributed by atoms with van der Waals surface area (Å²) < 4.78 is 5.62. The van der Waals surface area contributed by atoms with Crippen molar-refractivity contribution in [2.24, 2.45) is 0 Å². The molecular formula is C15H9NOS. The van der Waals surface area contributed by atoms with Crippen LogP contribution in [0.1, 0.15) is 21.5 Å². The zero-order chi connectivity index (χ0) is 12.3. The minimum atomic E-state index is 0.126. The lowest BCUT2D eigenvalue weighted by Crippen LogP contribution is -2.10. The van der Waals surface area contributed by atoms with E-state index in [1.54, 1.807) is 0 Å². The Balaban J connectivity index is 2.27. The molecule has 4 rings (SSSR count). The molecule has 1 aromatic heterocycles. The first-order valence-corrected chi connectivity index (χ1v) is 6.58. The SMILES string of the molecule is Cc1cccc2c1C(=O)c1cccc3snc-2c13. The highest BCUT2D eigenvalue weighted by Crippen LogP contribution is 2.41. The molecule has 3 aromatic rings. The number of hydrogen-bond donors (Lipinski definition) is 0. The molecule has 0 saturated heterocycles. The number of ketones is 1. The summed E-state index contributed by atoms with van der Waals surface area (Å²) in [5.41, 5.74) is 4.56. The van der Waals surface area contributed by atoms with Gasteiger partial charge in [0, 0.05) is 22.1 Å². The van der Waals surface area contributed by atoms with E-state index in [-0.39, 0.29) is 5.78 Å². The van der Waals surface area contributed by atoms with E-state index in [9.17, 15) is 4.79 Å². The lowest BCUT2D eigenvalue weighted by atomic mass is 9.85. The van der Waals surface area contributed by atoms with Crippen LogP contribution in [-0.4, -0.2) is 10.2 Å². The lowest BCUT2D eigenvalue weighted by molar-refractivity contribution is 0.103. The number of benzene rings is 2. The molecule has 0 amide bonds. The van der Waals surface area contributed by atoms with Gasteiger partial charge in [0.15, 0.2) is 5.78 Å². The molecule has 1 heterocycles. The predicted octanol–water partition coefficient (Wildman–Crippen LogP) is 3.82. The molecule has 0 radical (unpaired) electrons. The molecule has 18 heavy (non-hydrogen) atoms. The fourth-order valence-electron chi connectivity index (χ4n) is 2.67. The van der Waals surface area contributed by atoms with Crippen LogP contribution in [0.5, 0.6) is 0 Å². The Morgan fingerprint density at radius 3 is 2.72 bits per heavy atom. The van der Waals surface area contributed by atoms with Gasteiger partial charge in [0.05, 0.1) is 10.4 Å². The van der Waals surface area contributed by atoms with Gasteiger partial charge in [-0.1, -0.05) is 30.3 Å². The Morgan fingerprint density at radius 1 is 1.06 bits per heavy atom. The molecule has 0 fully saturated rings. The number of hydrogen-bond acceptors (Lipinski definition) is 3. The standard InChI is InChI=1S/C15H9NOS/c1-8-4-2-5-9-12(8)15(17)10-6-3-7-11-13(10)14(9)16-18-11/h2-7H,1H3. The first-order valence-electron chi connectivity index (χ1n) is 5.80. The van der Waals surface area contributed by atoms with Crippen LogP contribution in [0.4, 0.5) is 0 Å². The smallest absolute Gasteiger partial charge is 0.194 e. The summed E-state index contributed by atoms with van der Waals surface area (Å²) in [6.07, 6.45) is 0. The van der Waals surface area contributed by atoms with Gasteiger partial charge in [-0.15, -0.1) is 0 Å². The van der Waals surface area contributed by atoms with E-state index in [1.807, 2.05) is 43.3 Å². The summed E-state index contributed by atoms with van der Waals surface area (Å²) in [7, 11) is 0. The molecule has 2 nitrogen and oxygen atoms in total. The highest BCUT2D eigenvalue weighted by Gasteiger charge is 2.28. The van der Waals surface area contributed by atoms with E-state index in [0.717, 1.165) is 38.0 Å². The van der Waals surface area contributed by atoms with Gasteiger partial charge < -0.3 is 0 Å². The molecule has 86 valence electrons. The van der Waals surface area contributed by atoms with Crippen molar-refractivity contribution in [1.29, 1.82) is 0 Å². The van der Waals surface area contributed by atoms with Crippen molar-refractivity contribution in [3.63, 3.8) is 0 Å². The van der Waals surface area contributed by atoms with Crippen LogP contribution in [-0.2, 0) is 0 Å². The van der Waals surface area contributed by atoms with Crippen LogP contribution in [0.15, 0.2) is 36.4 Å². The number of aromatic nitrogens is 1. The van der Waals surface area contributed by atoms with Gasteiger partial charge in [-0.05, 0) is 30.1 Å². The van der Waals surface area contributed by atoms with E-state index in [2.05, 4.69) is 4.37 Å². The molecule has 2 aromatic carbocycles. The molecule has 0 aliphatic heterocycles. The van der Waals surface area contributed by atoms with Crippen LogP contribution < -0.4 is 0 Å². The van der Waals surface area contributed by atoms with Gasteiger partial charge in [-0.25, -0.2) is 0 Å². The van der Waals surface area contributed by atoms with Gasteiger partial charge in [-0.3, -0.25) is 4.79 Å². The third kappa shape index (κ3) is 1.07. The highest BCUT2D eigenvalue weighted by molar-refractivity contribution is 7.13. The quantitative estimate of drug-likeness (QED) is 0.475. The summed E-state index contributed by atoms with van der Waals surface area (Å²) in [5, 5.41) is 1.02. The predicted molar refractivity (Wildman–Crippen MR) is 73.2 cm³/mol. The number of nitrogens with zero attached hydrogens (tertiary/aromatic N) is 1. The first kappa shape index (κ1) is 9.97. The van der Waals surface area contributed by atoms with E-state index in [1.165, 1.54) is 11.5 Å². The number of carbonyl (C=O) groups excluding carboxylic acids is 1. The van der Waals surface area contributed by atoms with Gasteiger partial charge in [0.2, 0.25) is 0 Å². The largest absolute Gasteiger partial charge is 0.289 e. The third-order valence-corrected chi connectivity index (χ3v) is 4.31. The minimum Gasteiger partial charge on any atom is -0.289 e. The minimum absolute atomic E-state index is 0.126. The van der Waals surface area contributed by atoms with Crippen molar-refractivity contribution >= 4 is 27.4 Å². The summed E-state index contributed by atoms with van der Waals surface area (Å²) in [6.45, 7) is 1.98. The number of fused-ring (bicyclic) bond motifs is 2. The van der Waals surface area contributed by atoms with Crippen LogP contribution in [0.25, 0.3) is 21.3 Å². The number of aryl methyl sites for hydroxylation is 1. The maximum atomic E-state index is 12.6. The zero-order valence-corrected chi connectivity index (χ0v) is 10.5. The van der Waals surface area contributed by atoms with E-state index in [0.29, 0.717) is 0 Å². The fourth-order valence-corrected chi connectivity index (χ4v) is 3.48. The van der Waals surface area contributed by atoms with Crippen molar-refractivity contribution < 1.29 is 4.79 Å². The molecular weight excluding hydrogens is 242 g/mol. The Hall–Kier alpha value is -2.00. The molecule has 1 aliphatic rings. The molecule has 0 saturated carbocycles. The van der Waals surface area contributed by atoms with Crippen LogP contribution in [0.2, 0.25) is 0 Å². The summed E-state index contributed by atoms with van der Waals surface area (Å²) in [4.78, 5) is 12.6. The van der Waals surface area contributed by atoms with Gasteiger partial charge in [0.25, 0.3) is 0 Å². The fraction of sp³-hybridized carbons (Fsp3) is 0.0667. The van der Waals surface area contributed by atoms with Gasteiger partial charge in [-0.2, -0.15) is 4.37 Å². The molecule has 0 bridgehead atoms. The van der Waals surface area contributed by atoms with Crippen LogP contribution in [0.3, 0.4) is 0 Å². The van der Waals surface area contributed by atoms with Crippen LogP contribution in [0, 0.1) is 6.92 Å². The average Bonchev–Trinajstić information content (AvgIpc) is 2.80. The summed E-state index contributed by atoms with van der Waals surface area (Å²) >= 11 is 1.46. The van der Waals surface area contributed by atoms with Crippen molar-refractivity contribution in [3.05, 3.63) is 53.1 Å². The van der Waals surface area contributed by atoms with Crippen molar-refractivity contribution in [3.8, 4) is 11.3 Å².